The second-order valence-corrected chi connectivity index (χ2v) is 8.08. The first-order valence-electron chi connectivity index (χ1n) is 10.4. The highest BCUT2D eigenvalue weighted by molar-refractivity contribution is 5.92. The summed E-state index contributed by atoms with van der Waals surface area (Å²) < 4.78 is 5.33. The van der Waals surface area contributed by atoms with Gasteiger partial charge in [-0.05, 0) is 64.1 Å². The molecule has 7 nitrogen and oxygen atoms in total. The lowest BCUT2D eigenvalue weighted by Crippen LogP contribution is -2.46. The van der Waals surface area contributed by atoms with Crippen LogP contribution in [0, 0.1) is 0 Å². The molecule has 148 valence electrons. The molecule has 3 saturated heterocycles. The number of aromatic nitrogens is 2. The highest BCUT2D eigenvalue weighted by atomic mass is 16.5. The zero-order valence-corrected chi connectivity index (χ0v) is 16.3. The van der Waals surface area contributed by atoms with E-state index in [1.54, 1.807) is 6.07 Å². The van der Waals surface area contributed by atoms with Gasteiger partial charge in [0.25, 0.3) is 5.91 Å². The quantitative estimate of drug-likeness (QED) is 0.868. The van der Waals surface area contributed by atoms with Crippen molar-refractivity contribution >= 4 is 11.7 Å². The minimum absolute atomic E-state index is 0.136. The van der Waals surface area contributed by atoms with E-state index < -0.39 is 0 Å². The first kappa shape index (κ1) is 18.6. The van der Waals surface area contributed by atoms with Crippen molar-refractivity contribution < 1.29 is 9.53 Å². The van der Waals surface area contributed by atoms with Crippen LogP contribution in [0.5, 0.6) is 0 Å². The van der Waals surface area contributed by atoms with Gasteiger partial charge in [-0.1, -0.05) is 0 Å². The van der Waals surface area contributed by atoms with Crippen molar-refractivity contribution in [3.63, 3.8) is 0 Å². The van der Waals surface area contributed by atoms with E-state index in [-0.39, 0.29) is 11.9 Å². The Bertz CT molecular complexity index is 624. The van der Waals surface area contributed by atoms with Crippen molar-refractivity contribution in [2.45, 2.75) is 63.6 Å². The SMILES string of the molecule is CC1CCCN1C1CCN(c2ccc(C(=O)NC3CCOCC3)nn2)CC1. The number of piperidine rings is 1. The second kappa shape index (κ2) is 8.52. The molecule has 1 aromatic rings. The molecule has 0 aromatic carbocycles. The topological polar surface area (TPSA) is 70.6 Å². The number of hydrogen-bond donors (Lipinski definition) is 1. The van der Waals surface area contributed by atoms with Crippen LogP contribution in [0.2, 0.25) is 0 Å². The van der Waals surface area contributed by atoms with Crippen molar-refractivity contribution in [3.8, 4) is 0 Å². The number of anilines is 1. The van der Waals surface area contributed by atoms with Crippen molar-refractivity contribution in [3.05, 3.63) is 17.8 Å². The van der Waals surface area contributed by atoms with Crippen molar-refractivity contribution in [2.24, 2.45) is 0 Å². The maximum absolute atomic E-state index is 12.3. The molecule has 3 aliphatic rings. The van der Waals surface area contributed by atoms with E-state index in [0.29, 0.717) is 24.9 Å². The lowest BCUT2D eigenvalue weighted by molar-refractivity contribution is 0.0693. The fourth-order valence-corrected chi connectivity index (χ4v) is 4.64. The molecule has 0 bridgehead atoms. The predicted octanol–water partition coefficient (Wildman–Crippen LogP) is 1.84. The third-order valence-corrected chi connectivity index (χ3v) is 6.30. The van der Waals surface area contributed by atoms with Gasteiger partial charge in [0.1, 0.15) is 0 Å². The molecule has 4 rings (SSSR count). The summed E-state index contributed by atoms with van der Waals surface area (Å²) in [4.78, 5) is 17.3. The van der Waals surface area contributed by atoms with Crippen LogP contribution in [-0.2, 0) is 4.74 Å². The average molecular weight is 374 g/mol. The van der Waals surface area contributed by atoms with Crippen molar-refractivity contribution in [2.75, 3.05) is 37.7 Å². The van der Waals surface area contributed by atoms with Gasteiger partial charge < -0.3 is 15.0 Å². The summed E-state index contributed by atoms with van der Waals surface area (Å²) in [5.74, 6) is 0.744. The molecule has 3 aliphatic heterocycles. The van der Waals surface area contributed by atoms with Gasteiger partial charge in [0, 0.05) is 44.4 Å². The number of ether oxygens (including phenoxy) is 1. The van der Waals surface area contributed by atoms with Gasteiger partial charge in [-0.2, -0.15) is 0 Å². The van der Waals surface area contributed by atoms with E-state index in [9.17, 15) is 4.79 Å². The van der Waals surface area contributed by atoms with E-state index in [0.717, 1.165) is 37.8 Å². The maximum Gasteiger partial charge on any atom is 0.272 e. The number of hydrogen-bond acceptors (Lipinski definition) is 6. The number of rotatable bonds is 4. The summed E-state index contributed by atoms with van der Waals surface area (Å²) in [5, 5.41) is 11.5. The molecule has 3 fully saturated rings. The molecular weight excluding hydrogens is 342 g/mol. The zero-order valence-electron chi connectivity index (χ0n) is 16.3. The largest absolute Gasteiger partial charge is 0.381 e. The standard InChI is InChI=1S/C20H31N5O2/c1-15-3-2-10-25(15)17-6-11-24(12-7-17)19-5-4-18(22-23-19)20(26)21-16-8-13-27-14-9-16/h4-5,15-17H,2-3,6-14H2,1H3,(H,21,26). The van der Waals surface area contributed by atoms with Crippen molar-refractivity contribution in [1.82, 2.24) is 20.4 Å². The Balaban J connectivity index is 1.29. The van der Waals surface area contributed by atoms with Gasteiger partial charge >= 0.3 is 0 Å². The summed E-state index contributed by atoms with van der Waals surface area (Å²) in [6, 6.07) is 5.35. The number of likely N-dealkylation sites (tertiary alicyclic amines) is 1. The molecule has 0 radical (unpaired) electrons. The third-order valence-electron chi connectivity index (χ3n) is 6.30. The molecule has 1 aromatic heterocycles. The van der Waals surface area contributed by atoms with Crippen LogP contribution in [0.4, 0.5) is 5.82 Å². The molecule has 7 heteroatoms. The molecule has 27 heavy (non-hydrogen) atoms. The van der Waals surface area contributed by atoms with Crippen molar-refractivity contribution in [1.29, 1.82) is 0 Å². The van der Waals surface area contributed by atoms with Gasteiger partial charge in [-0.25, -0.2) is 0 Å². The fraction of sp³-hybridized carbons (Fsp3) is 0.750. The van der Waals surface area contributed by atoms with Crippen LogP contribution < -0.4 is 10.2 Å². The normalized spacial score (nSPS) is 25.7. The predicted molar refractivity (Wildman–Crippen MR) is 104 cm³/mol. The second-order valence-electron chi connectivity index (χ2n) is 8.08. The lowest BCUT2D eigenvalue weighted by Gasteiger charge is -2.38. The lowest BCUT2D eigenvalue weighted by atomic mass is 10.0. The Hall–Kier alpha value is -1.73. The van der Waals surface area contributed by atoms with E-state index in [1.807, 2.05) is 6.07 Å². The first-order valence-corrected chi connectivity index (χ1v) is 10.4. The molecule has 1 unspecified atom stereocenters. The number of amides is 1. The monoisotopic (exact) mass is 373 g/mol. The average Bonchev–Trinajstić information content (AvgIpc) is 3.15. The molecule has 1 amide bonds. The van der Waals surface area contributed by atoms with Gasteiger partial charge in [0.2, 0.25) is 0 Å². The molecule has 1 N–H and O–H groups in total. The Morgan fingerprint density at radius 2 is 1.85 bits per heavy atom. The molecular formula is C20H31N5O2. The molecule has 4 heterocycles. The molecule has 0 aliphatic carbocycles. The third kappa shape index (κ3) is 4.41. The maximum atomic E-state index is 12.3. The van der Waals surface area contributed by atoms with Crippen LogP contribution in [0.15, 0.2) is 12.1 Å². The number of nitrogens with zero attached hydrogens (tertiary/aromatic N) is 4. The minimum Gasteiger partial charge on any atom is -0.381 e. The Labute approximate surface area is 161 Å². The molecule has 0 spiro atoms. The highest BCUT2D eigenvalue weighted by Crippen LogP contribution is 2.27. The van der Waals surface area contributed by atoms with Crippen LogP contribution in [0.1, 0.15) is 55.9 Å². The number of nitrogens with one attached hydrogen (secondary N) is 1. The van der Waals surface area contributed by atoms with E-state index in [1.165, 1.54) is 32.2 Å². The van der Waals surface area contributed by atoms with E-state index in [4.69, 9.17) is 4.74 Å². The van der Waals surface area contributed by atoms with Gasteiger partial charge in [0.15, 0.2) is 11.5 Å². The molecule has 0 saturated carbocycles. The highest BCUT2D eigenvalue weighted by Gasteiger charge is 2.30. The van der Waals surface area contributed by atoms with Crippen LogP contribution in [-0.4, -0.2) is 72.0 Å². The van der Waals surface area contributed by atoms with Gasteiger partial charge in [-0.3, -0.25) is 9.69 Å². The summed E-state index contributed by atoms with van der Waals surface area (Å²) >= 11 is 0. The smallest absolute Gasteiger partial charge is 0.272 e. The Morgan fingerprint density at radius 1 is 1.07 bits per heavy atom. The zero-order chi connectivity index (χ0) is 18.6. The van der Waals surface area contributed by atoms with Gasteiger partial charge in [0.05, 0.1) is 0 Å². The first-order chi connectivity index (χ1) is 13.2. The van der Waals surface area contributed by atoms with Crippen LogP contribution in [0.3, 0.4) is 0 Å². The Kier molecular flexibility index (Phi) is 5.88. The summed E-state index contributed by atoms with van der Waals surface area (Å²) in [6.07, 6.45) is 6.76. The van der Waals surface area contributed by atoms with Crippen LogP contribution in [0.25, 0.3) is 0 Å². The van der Waals surface area contributed by atoms with Gasteiger partial charge in [-0.15, -0.1) is 10.2 Å². The summed E-state index contributed by atoms with van der Waals surface area (Å²) in [7, 11) is 0. The van der Waals surface area contributed by atoms with E-state index >= 15 is 0 Å². The van der Waals surface area contributed by atoms with Crippen LogP contribution >= 0.6 is 0 Å². The number of carbonyl (C=O) groups is 1. The number of carbonyl (C=O) groups excluding carboxylic acids is 1. The summed E-state index contributed by atoms with van der Waals surface area (Å²) in [6.45, 7) is 7.05. The minimum atomic E-state index is -0.136. The molecule has 1 atom stereocenters. The Morgan fingerprint density at radius 3 is 2.48 bits per heavy atom. The van der Waals surface area contributed by atoms with E-state index in [2.05, 4.69) is 32.2 Å². The summed E-state index contributed by atoms with van der Waals surface area (Å²) in [5.41, 5.74) is 0.394. The fourth-order valence-electron chi connectivity index (χ4n) is 4.64.